The maximum atomic E-state index is 6.86. The number of hydroxylamine groups is 2. The van der Waals surface area contributed by atoms with Gasteiger partial charge in [0.15, 0.2) is 0 Å². The summed E-state index contributed by atoms with van der Waals surface area (Å²) in [5.74, 6) is 0. The Balaban J connectivity index is 2.41. The SMILES string of the molecule is CCCON1C(C)(C)C(Cl)=C(N2CCOCC2)C(Cl)C1(C)C. The maximum Gasteiger partial charge on any atom is 0.0947 e. The largest absolute Gasteiger partial charge is 0.378 e. The van der Waals surface area contributed by atoms with Crippen LogP contribution in [-0.2, 0) is 9.57 Å². The first-order valence-corrected chi connectivity index (χ1v) is 8.86. The fraction of sp³-hybridized carbons (Fsp3) is 0.875. The van der Waals surface area contributed by atoms with Crippen LogP contribution in [0.1, 0.15) is 41.0 Å². The van der Waals surface area contributed by atoms with Crippen molar-refractivity contribution >= 4 is 23.2 Å². The molecule has 0 radical (unpaired) electrons. The van der Waals surface area contributed by atoms with E-state index in [0.29, 0.717) is 19.8 Å². The molecular weight excluding hydrogens is 323 g/mol. The Bertz CT molecular complexity index is 432. The van der Waals surface area contributed by atoms with Crippen molar-refractivity contribution in [3.05, 3.63) is 10.7 Å². The number of nitrogens with zero attached hydrogens (tertiary/aromatic N) is 2. The van der Waals surface area contributed by atoms with Crippen LogP contribution < -0.4 is 0 Å². The van der Waals surface area contributed by atoms with Crippen LogP contribution in [0, 0.1) is 0 Å². The second-order valence-corrected chi connectivity index (χ2v) is 7.82. The molecule has 4 nitrogen and oxygen atoms in total. The van der Waals surface area contributed by atoms with Gasteiger partial charge in [-0.05, 0) is 34.1 Å². The minimum atomic E-state index is -0.417. The number of morpholine rings is 1. The van der Waals surface area contributed by atoms with E-state index in [0.717, 1.165) is 30.2 Å². The Hall–Kier alpha value is -0.0000000000000000555. The Morgan fingerprint density at radius 3 is 2.36 bits per heavy atom. The molecule has 0 N–H and O–H groups in total. The molecule has 2 aliphatic rings. The number of hydrogen-bond acceptors (Lipinski definition) is 4. The molecule has 0 aromatic carbocycles. The molecule has 0 spiro atoms. The normalized spacial score (nSPS) is 29.0. The van der Waals surface area contributed by atoms with Crippen molar-refractivity contribution in [3.8, 4) is 0 Å². The van der Waals surface area contributed by atoms with Gasteiger partial charge in [-0.2, -0.15) is 5.06 Å². The molecule has 2 heterocycles. The fourth-order valence-corrected chi connectivity index (χ4v) is 3.98. The van der Waals surface area contributed by atoms with Crippen LogP contribution in [0.5, 0.6) is 0 Å². The van der Waals surface area contributed by atoms with E-state index in [1.807, 2.05) is 5.06 Å². The molecule has 0 amide bonds. The second-order valence-electron chi connectivity index (χ2n) is 7.00. The van der Waals surface area contributed by atoms with Crippen molar-refractivity contribution in [2.24, 2.45) is 0 Å². The van der Waals surface area contributed by atoms with Crippen LogP contribution in [0.15, 0.2) is 10.7 Å². The van der Waals surface area contributed by atoms with Crippen molar-refractivity contribution in [3.63, 3.8) is 0 Å². The average molecular weight is 351 g/mol. The molecule has 1 unspecified atom stereocenters. The number of ether oxygens (including phenoxy) is 1. The number of hydrogen-bond donors (Lipinski definition) is 0. The van der Waals surface area contributed by atoms with Gasteiger partial charge >= 0.3 is 0 Å². The first-order valence-electron chi connectivity index (χ1n) is 8.04. The fourth-order valence-electron chi connectivity index (χ4n) is 3.29. The summed E-state index contributed by atoms with van der Waals surface area (Å²) in [4.78, 5) is 8.29. The molecule has 1 atom stereocenters. The molecule has 0 aliphatic carbocycles. The van der Waals surface area contributed by atoms with E-state index < -0.39 is 5.54 Å². The smallest absolute Gasteiger partial charge is 0.0947 e. The quantitative estimate of drug-likeness (QED) is 0.723. The second kappa shape index (κ2) is 6.86. The monoisotopic (exact) mass is 350 g/mol. The lowest BCUT2D eigenvalue weighted by molar-refractivity contribution is -0.259. The van der Waals surface area contributed by atoms with Gasteiger partial charge in [-0.15, -0.1) is 11.6 Å². The zero-order chi connectivity index (χ0) is 16.5. The summed E-state index contributed by atoms with van der Waals surface area (Å²) in [5, 5.41) is 2.51. The predicted molar refractivity (Wildman–Crippen MR) is 91.2 cm³/mol. The maximum absolute atomic E-state index is 6.86. The van der Waals surface area contributed by atoms with E-state index in [1.54, 1.807) is 0 Å². The van der Waals surface area contributed by atoms with Crippen LogP contribution in [0.2, 0.25) is 0 Å². The highest BCUT2D eigenvalue weighted by Crippen LogP contribution is 2.47. The summed E-state index contributed by atoms with van der Waals surface area (Å²) in [5.41, 5.74) is 0.254. The van der Waals surface area contributed by atoms with Crippen LogP contribution in [-0.4, -0.2) is 59.3 Å². The van der Waals surface area contributed by atoms with Crippen molar-refractivity contribution in [1.29, 1.82) is 0 Å². The Morgan fingerprint density at radius 1 is 1.23 bits per heavy atom. The third-order valence-corrected chi connectivity index (χ3v) is 5.83. The van der Waals surface area contributed by atoms with Crippen LogP contribution >= 0.6 is 23.2 Å². The molecular formula is C16H28Cl2N2O2. The molecule has 2 aliphatic heterocycles. The lowest BCUT2D eigenvalue weighted by Gasteiger charge is -2.55. The summed E-state index contributed by atoms with van der Waals surface area (Å²) >= 11 is 13.7. The van der Waals surface area contributed by atoms with Crippen molar-refractivity contribution < 1.29 is 9.57 Å². The zero-order valence-corrected chi connectivity index (χ0v) is 15.8. The van der Waals surface area contributed by atoms with E-state index >= 15 is 0 Å². The highest BCUT2D eigenvalue weighted by atomic mass is 35.5. The van der Waals surface area contributed by atoms with Gasteiger partial charge in [0.05, 0.1) is 47.0 Å². The van der Waals surface area contributed by atoms with Crippen molar-refractivity contribution in [2.45, 2.75) is 57.5 Å². The van der Waals surface area contributed by atoms with Crippen molar-refractivity contribution in [1.82, 2.24) is 9.96 Å². The summed E-state index contributed by atoms with van der Waals surface area (Å²) in [7, 11) is 0. The van der Waals surface area contributed by atoms with Gasteiger partial charge in [-0.1, -0.05) is 18.5 Å². The summed E-state index contributed by atoms with van der Waals surface area (Å²) in [6.07, 6.45) is 0.952. The van der Waals surface area contributed by atoms with E-state index in [1.165, 1.54) is 0 Å². The Morgan fingerprint density at radius 2 is 1.82 bits per heavy atom. The third kappa shape index (κ3) is 3.13. The number of alkyl halides is 1. The van der Waals surface area contributed by atoms with Gasteiger partial charge < -0.3 is 9.64 Å². The topological polar surface area (TPSA) is 24.9 Å². The zero-order valence-electron chi connectivity index (χ0n) is 14.3. The average Bonchev–Trinajstić information content (AvgIpc) is 2.47. The summed E-state index contributed by atoms with van der Waals surface area (Å²) in [6.45, 7) is 14.3. The number of halogens is 2. The summed E-state index contributed by atoms with van der Waals surface area (Å²) < 4.78 is 5.45. The van der Waals surface area contributed by atoms with Gasteiger partial charge in [0.2, 0.25) is 0 Å². The number of rotatable bonds is 4. The van der Waals surface area contributed by atoms with E-state index in [2.05, 4.69) is 39.5 Å². The molecule has 0 saturated carbocycles. The Kier molecular flexibility index (Phi) is 5.72. The molecule has 1 saturated heterocycles. The van der Waals surface area contributed by atoms with Crippen molar-refractivity contribution in [2.75, 3.05) is 32.9 Å². The molecule has 6 heteroatoms. The lowest BCUT2D eigenvalue weighted by Crippen LogP contribution is -2.65. The van der Waals surface area contributed by atoms with Crippen LogP contribution in [0.3, 0.4) is 0 Å². The van der Waals surface area contributed by atoms with E-state index in [9.17, 15) is 0 Å². The first kappa shape index (κ1) is 18.3. The van der Waals surface area contributed by atoms with Gasteiger partial charge in [-0.3, -0.25) is 4.84 Å². The lowest BCUT2D eigenvalue weighted by atomic mass is 9.84. The minimum absolute atomic E-state index is 0.233. The third-order valence-electron chi connectivity index (χ3n) is 4.43. The highest BCUT2D eigenvalue weighted by molar-refractivity contribution is 6.33. The minimum Gasteiger partial charge on any atom is -0.378 e. The van der Waals surface area contributed by atoms with Gasteiger partial charge in [0.25, 0.3) is 0 Å². The molecule has 0 bridgehead atoms. The van der Waals surface area contributed by atoms with Gasteiger partial charge in [0, 0.05) is 13.1 Å². The highest BCUT2D eigenvalue weighted by Gasteiger charge is 2.53. The molecule has 2 rings (SSSR count). The van der Waals surface area contributed by atoms with E-state index in [-0.39, 0.29) is 10.9 Å². The summed E-state index contributed by atoms with van der Waals surface area (Å²) in [6, 6.07) is 0. The Labute approximate surface area is 144 Å². The van der Waals surface area contributed by atoms with E-state index in [4.69, 9.17) is 32.8 Å². The predicted octanol–water partition coefficient (Wildman–Crippen LogP) is 3.59. The van der Waals surface area contributed by atoms with Gasteiger partial charge in [0.1, 0.15) is 0 Å². The molecule has 128 valence electrons. The molecule has 0 aromatic heterocycles. The molecule has 22 heavy (non-hydrogen) atoms. The molecule has 0 aromatic rings. The first-order chi connectivity index (χ1) is 10.2. The van der Waals surface area contributed by atoms with Gasteiger partial charge in [-0.25, -0.2) is 0 Å². The van der Waals surface area contributed by atoms with Crippen LogP contribution in [0.4, 0.5) is 0 Å². The standard InChI is InChI=1S/C16H28Cl2N2O2/c1-6-9-22-20-15(2,3)13(17)12(14(18)16(20,4)5)19-7-10-21-11-8-19/h13H,6-11H2,1-5H3. The van der Waals surface area contributed by atoms with Crippen LogP contribution in [0.25, 0.3) is 0 Å². The molecule has 1 fully saturated rings.